The normalized spacial score (nSPS) is 20.1. The molecule has 1 aromatic carbocycles. The Balaban J connectivity index is 2.03. The molecule has 0 saturated carbocycles. The second-order valence-electron chi connectivity index (χ2n) is 5.89. The van der Waals surface area contributed by atoms with Gasteiger partial charge in [0.1, 0.15) is 0 Å². The average Bonchev–Trinajstić information content (AvgIpc) is 2.61. The molecule has 1 atom stereocenters. The number of hydrogen-bond donors (Lipinski definition) is 3. The van der Waals surface area contributed by atoms with Crippen LogP contribution in [-0.2, 0) is 14.8 Å². The summed E-state index contributed by atoms with van der Waals surface area (Å²) in [6.07, 6.45) is 6.20. The number of sulfonamides is 1. The van der Waals surface area contributed by atoms with Gasteiger partial charge in [-0.25, -0.2) is 8.42 Å². The van der Waals surface area contributed by atoms with E-state index in [9.17, 15) is 13.2 Å². The summed E-state index contributed by atoms with van der Waals surface area (Å²) in [5.41, 5.74) is 0.581. The molecule has 7 heteroatoms. The smallest absolute Gasteiger partial charge is 0.241 e. The zero-order valence-corrected chi connectivity index (χ0v) is 14.3. The summed E-state index contributed by atoms with van der Waals surface area (Å²) in [6, 6.07) is 6.19. The largest absolute Gasteiger partial charge is 0.326 e. The molecule has 1 aliphatic rings. The Morgan fingerprint density at radius 1 is 1.09 bits per heavy atom. The maximum absolute atomic E-state index is 12.5. The molecule has 0 unspecified atom stereocenters. The lowest BCUT2D eigenvalue weighted by Crippen LogP contribution is -2.45. The summed E-state index contributed by atoms with van der Waals surface area (Å²) in [5, 5.41) is 5.90. The number of benzene rings is 1. The summed E-state index contributed by atoms with van der Waals surface area (Å²) >= 11 is 0. The average molecular weight is 339 g/mol. The van der Waals surface area contributed by atoms with Gasteiger partial charge in [0, 0.05) is 12.6 Å². The van der Waals surface area contributed by atoms with Crippen LogP contribution in [0.3, 0.4) is 0 Å². The molecular weight excluding hydrogens is 314 g/mol. The third kappa shape index (κ3) is 5.93. The van der Waals surface area contributed by atoms with Crippen LogP contribution in [0.4, 0.5) is 5.69 Å². The van der Waals surface area contributed by atoms with Crippen molar-refractivity contribution in [2.24, 2.45) is 0 Å². The fraction of sp³-hybridized carbons (Fsp3) is 0.562. The van der Waals surface area contributed by atoms with E-state index in [1.54, 1.807) is 12.1 Å². The molecule has 0 aromatic heterocycles. The first kappa shape index (κ1) is 17.9. The quantitative estimate of drug-likeness (QED) is 0.785. The molecule has 0 bridgehead atoms. The maximum atomic E-state index is 12.5. The van der Waals surface area contributed by atoms with E-state index in [0.717, 1.165) is 32.2 Å². The van der Waals surface area contributed by atoms with E-state index < -0.39 is 10.0 Å². The minimum atomic E-state index is -3.57. The van der Waals surface area contributed by atoms with Crippen molar-refractivity contribution < 1.29 is 13.2 Å². The zero-order chi connectivity index (χ0) is 16.7. The van der Waals surface area contributed by atoms with Gasteiger partial charge in [-0.15, -0.1) is 0 Å². The molecule has 2 rings (SSSR count). The standard InChI is InChI=1S/C16H25N3O3S/c1-13(20)18-14-8-10-15(11-9-14)23(21,22)19-16-7-5-3-2-4-6-12-17-16/h8-11,16-17,19H,2-7,12H2,1H3,(H,18,20)/t16-/m0/s1. The van der Waals surface area contributed by atoms with Crippen molar-refractivity contribution in [1.82, 2.24) is 10.0 Å². The van der Waals surface area contributed by atoms with E-state index in [4.69, 9.17) is 0 Å². The molecule has 3 N–H and O–H groups in total. The molecule has 0 radical (unpaired) electrons. The summed E-state index contributed by atoms with van der Waals surface area (Å²) in [4.78, 5) is 11.2. The molecule has 1 heterocycles. The first-order valence-electron chi connectivity index (χ1n) is 8.11. The lowest BCUT2D eigenvalue weighted by molar-refractivity contribution is -0.114. The van der Waals surface area contributed by atoms with Crippen molar-refractivity contribution in [3.8, 4) is 0 Å². The van der Waals surface area contributed by atoms with E-state index in [0.29, 0.717) is 5.69 Å². The van der Waals surface area contributed by atoms with E-state index in [2.05, 4.69) is 15.4 Å². The first-order valence-corrected chi connectivity index (χ1v) is 9.59. The second kappa shape index (κ2) is 8.42. The maximum Gasteiger partial charge on any atom is 0.241 e. The van der Waals surface area contributed by atoms with Crippen LogP contribution in [0.2, 0.25) is 0 Å². The van der Waals surface area contributed by atoms with Gasteiger partial charge in [0.25, 0.3) is 0 Å². The monoisotopic (exact) mass is 339 g/mol. The van der Waals surface area contributed by atoms with E-state index >= 15 is 0 Å². The van der Waals surface area contributed by atoms with Crippen LogP contribution >= 0.6 is 0 Å². The van der Waals surface area contributed by atoms with Gasteiger partial charge in [-0.3, -0.25) is 4.79 Å². The van der Waals surface area contributed by atoms with Gasteiger partial charge < -0.3 is 10.6 Å². The number of anilines is 1. The Kier molecular flexibility index (Phi) is 6.56. The highest BCUT2D eigenvalue weighted by atomic mass is 32.2. The van der Waals surface area contributed by atoms with Crippen LogP contribution in [0.25, 0.3) is 0 Å². The lowest BCUT2D eigenvalue weighted by Gasteiger charge is -2.19. The highest BCUT2D eigenvalue weighted by molar-refractivity contribution is 7.89. The van der Waals surface area contributed by atoms with Crippen molar-refractivity contribution in [2.75, 3.05) is 11.9 Å². The molecule has 1 fully saturated rings. The molecule has 23 heavy (non-hydrogen) atoms. The number of nitrogens with one attached hydrogen (secondary N) is 3. The summed E-state index contributed by atoms with van der Waals surface area (Å²) in [7, 11) is -3.57. The number of amides is 1. The first-order chi connectivity index (χ1) is 11.0. The number of carbonyl (C=O) groups excluding carboxylic acids is 1. The van der Waals surface area contributed by atoms with Crippen LogP contribution in [0.5, 0.6) is 0 Å². The molecule has 1 aliphatic heterocycles. The number of hydrogen-bond acceptors (Lipinski definition) is 4. The predicted octanol–water partition coefficient (Wildman–Crippen LogP) is 2.19. The second-order valence-corrected chi connectivity index (χ2v) is 7.60. The summed E-state index contributed by atoms with van der Waals surface area (Å²) in [5.74, 6) is -0.187. The molecule has 1 saturated heterocycles. The van der Waals surface area contributed by atoms with Gasteiger partial charge in [-0.1, -0.05) is 25.7 Å². The number of rotatable bonds is 4. The van der Waals surface area contributed by atoms with Gasteiger partial charge in [-0.05, 0) is 43.7 Å². The van der Waals surface area contributed by atoms with E-state index in [1.165, 1.54) is 31.9 Å². The highest BCUT2D eigenvalue weighted by Gasteiger charge is 2.20. The number of carbonyl (C=O) groups is 1. The van der Waals surface area contributed by atoms with Gasteiger partial charge in [0.05, 0.1) is 11.1 Å². The highest BCUT2D eigenvalue weighted by Crippen LogP contribution is 2.16. The van der Waals surface area contributed by atoms with Crippen LogP contribution in [0, 0.1) is 0 Å². The van der Waals surface area contributed by atoms with Crippen LogP contribution < -0.4 is 15.4 Å². The van der Waals surface area contributed by atoms with E-state index in [1.807, 2.05) is 0 Å². The van der Waals surface area contributed by atoms with Crippen LogP contribution in [0.15, 0.2) is 29.2 Å². The van der Waals surface area contributed by atoms with Gasteiger partial charge in [0.2, 0.25) is 15.9 Å². The molecule has 6 nitrogen and oxygen atoms in total. The van der Waals surface area contributed by atoms with Crippen molar-refractivity contribution in [1.29, 1.82) is 0 Å². The van der Waals surface area contributed by atoms with Crippen LogP contribution in [-0.4, -0.2) is 27.0 Å². The van der Waals surface area contributed by atoms with E-state index in [-0.39, 0.29) is 17.0 Å². The predicted molar refractivity (Wildman–Crippen MR) is 90.6 cm³/mol. The fourth-order valence-electron chi connectivity index (χ4n) is 2.66. The van der Waals surface area contributed by atoms with Crippen molar-refractivity contribution >= 4 is 21.6 Å². The molecule has 0 spiro atoms. The lowest BCUT2D eigenvalue weighted by atomic mass is 10.1. The zero-order valence-electron chi connectivity index (χ0n) is 13.5. The van der Waals surface area contributed by atoms with Crippen molar-refractivity contribution in [3.63, 3.8) is 0 Å². The Labute approximate surface area is 138 Å². The third-order valence-corrected chi connectivity index (χ3v) is 5.33. The SMILES string of the molecule is CC(=O)Nc1ccc(S(=O)(=O)N[C@H]2CCCCCCCN2)cc1. The topological polar surface area (TPSA) is 87.3 Å². The third-order valence-electron chi connectivity index (χ3n) is 3.84. The van der Waals surface area contributed by atoms with Gasteiger partial charge >= 0.3 is 0 Å². The van der Waals surface area contributed by atoms with Crippen LogP contribution in [0.1, 0.15) is 45.4 Å². The summed E-state index contributed by atoms with van der Waals surface area (Å²) in [6.45, 7) is 2.24. The van der Waals surface area contributed by atoms with Gasteiger partial charge in [-0.2, -0.15) is 4.72 Å². The minimum absolute atomic E-state index is 0.187. The summed E-state index contributed by atoms with van der Waals surface area (Å²) < 4.78 is 27.7. The minimum Gasteiger partial charge on any atom is -0.326 e. The Morgan fingerprint density at radius 2 is 1.74 bits per heavy atom. The molecule has 1 amide bonds. The molecule has 128 valence electrons. The van der Waals surface area contributed by atoms with Gasteiger partial charge in [0.15, 0.2) is 0 Å². The van der Waals surface area contributed by atoms with Crippen molar-refractivity contribution in [2.45, 2.75) is 56.5 Å². The Hall–Kier alpha value is -1.44. The Morgan fingerprint density at radius 3 is 2.43 bits per heavy atom. The molecule has 0 aliphatic carbocycles. The Bertz CT molecular complexity index is 604. The molecule has 1 aromatic rings. The van der Waals surface area contributed by atoms with Crippen molar-refractivity contribution in [3.05, 3.63) is 24.3 Å². The molecular formula is C16H25N3O3S. The fourth-order valence-corrected chi connectivity index (χ4v) is 3.86.